The van der Waals surface area contributed by atoms with Crippen molar-refractivity contribution >= 4 is 17.4 Å². The molecule has 1 aromatic heterocycles. The molecule has 0 aliphatic carbocycles. The summed E-state index contributed by atoms with van der Waals surface area (Å²) in [6, 6.07) is 3.76. The van der Waals surface area contributed by atoms with Gasteiger partial charge in [-0.3, -0.25) is 4.79 Å². The van der Waals surface area contributed by atoms with E-state index in [2.05, 4.69) is 20.5 Å². The summed E-state index contributed by atoms with van der Waals surface area (Å²) >= 11 is 0. The Hall–Kier alpha value is -1.62. The number of anilines is 2. The maximum absolute atomic E-state index is 12.3. The van der Waals surface area contributed by atoms with E-state index in [0.717, 1.165) is 50.4 Å². The second-order valence-electron chi connectivity index (χ2n) is 5.56. The van der Waals surface area contributed by atoms with Crippen LogP contribution in [0.4, 0.5) is 11.5 Å². The summed E-state index contributed by atoms with van der Waals surface area (Å²) in [7, 11) is 0. The maximum Gasteiger partial charge on any atom is 0.241 e. The minimum Gasteiger partial charge on any atom is -0.355 e. The molecule has 2 fully saturated rings. The number of hydrogen-bond donors (Lipinski definition) is 2. The number of carbonyl (C=O) groups is 1. The molecule has 108 valence electrons. The van der Waals surface area contributed by atoms with Crippen LogP contribution in [0.15, 0.2) is 18.3 Å². The average molecular weight is 274 g/mol. The van der Waals surface area contributed by atoms with Crippen molar-refractivity contribution in [1.29, 1.82) is 0 Å². The molecule has 0 aromatic carbocycles. The fourth-order valence-corrected chi connectivity index (χ4v) is 2.97. The van der Waals surface area contributed by atoms with Gasteiger partial charge < -0.3 is 15.5 Å². The standard InChI is InChI=1S/C15H22N4O/c20-15(13-6-1-2-8-16-13)18-12-7-5-9-17-14(12)19-10-3-4-11-19/h5,7,9,13,16H,1-4,6,8,10-11H2,(H,18,20). The lowest BCUT2D eigenvalue weighted by atomic mass is 10.0. The fraction of sp³-hybridized carbons (Fsp3) is 0.600. The number of amides is 1. The molecule has 1 unspecified atom stereocenters. The number of piperidine rings is 1. The highest BCUT2D eigenvalue weighted by atomic mass is 16.2. The SMILES string of the molecule is O=C(Nc1cccnc1N1CCCC1)C1CCCCN1. The van der Waals surface area contributed by atoms with Gasteiger partial charge in [-0.25, -0.2) is 4.98 Å². The number of rotatable bonds is 3. The normalized spacial score (nSPS) is 22.8. The zero-order chi connectivity index (χ0) is 13.8. The summed E-state index contributed by atoms with van der Waals surface area (Å²) in [5.41, 5.74) is 0.840. The van der Waals surface area contributed by atoms with E-state index in [0.29, 0.717) is 0 Å². The maximum atomic E-state index is 12.3. The second kappa shape index (κ2) is 6.22. The molecule has 0 radical (unpaired) electrons. The number of nitrogens with one attached hydrogen (secondary N) is 2. The van der Waals surface area contributed by atoms with Gasteiger partial charge in [-0.2, -0.15) is 0 Å². The lowest BCUT2D eigenvalue weighted by Gasteiger charge is -2.24. The number of pyridine rings is 1. The van der Waals surface area contributed by atoms with Crippen LogP contribution >= 0.6 is 0 Å². The molecule has 1 amide bonds. The Morgan fingerprint density at radius 3 is 2.90 bits per heavy atom. The van der Waals surface area contributed by atoms with Crippen molar-refractivity contribution in [3.8, 4) is 0 Å². The van der Waals surface area contributed by atoms with E-state index in [1.807, 2.05) is 12.1 Å². The Bertz CT molecular complexity index is 465. The van der Waals surface area contributed by atoms with Crippen LogP contribution in [0.5, 0.6) is 0 Å². The zero-order valence-electron chi connectivity index (χ0n) is 11.8. The molecule has 1 aromatic rings. The molecular formula is C15H22N4O. The molecule has 0 bridgehead atoms. The highest BCUT2D eigenvalue weighted by Gasteiger charge is 2.23. The third-order valence-corrected chi connectivity index (χ3v) is 4.08. The Kier molecular flexibility index (Phi) is 4.16. The molecule has 2 aliphatic rings. The molecule has 2 saturated heterocycles. The first-order valence-corrected chi connectivity index (χ1v) is 7.59. The second-order valence-corrected chi connectivity index (χ2v) is 5.56. The fourth-order valence-electron chi connectivity index (χ4n) is 2.97. The van der Waals surface area contributed by atoms with Crippen molar-refractivity contribution in [3.63, 3.8) is 0 Å². The van der Waals surface area contributed by atoms with Gasteiger partial charge in [-0.15, -0.1) is 0 Å². The summed E-state index contributed by atoms with van der Waals surface area (Å²) in [6.07, 6.45) is 7.41. The predicted octanol–water partition coefficient (Wildman–Crippen LogP) is 1.76. The van der Waals surface area contributed by atoms with Crippen molar-refractivity contribution in [2.75, 3.05) is 29.9 Å². The monoisotopic (exact) mass is 274 g/mol. The summed E-state index contributed by atoms with van der Waals surface area (Å²) in [6.45, 7) is 2.99. The van der Waals surface area contributed by atoms with E-state index in [1.54, 1.807) is 6.20 Å². The van der Waals surface area contributed by atoms with Gasteiger partial charge >= 0.3 is 0 Å². The van der Waals surface area contributed by atoms with Crippen LogP contribution in [-0.2, 0) is 4.79 Å². The van der Waals surface area contributed by atoms with Crippen LogP contribution < -0.4 is 15.5 Å². The zero-order valence-corrected chi connectivity index (χ0v) is 11.8. The van der Waals surface area contributed by atoms with Gasteiger partial charge in [0.25, 0.3) is 0 Å². The van der Waals surface area contributed by atoms with Crippen molar-refractivity contribution < 1.29 is 4.79 Å². The van der Waals surface area contributed by atoms with Gasteiger partial charge in [0.1, 0.15) is 0 Å². The molecule has 3 heterocycles. The molecule has 3 rings (SSSR count). The predicted molar refractivity (Wildman–Crippen MR) is 80.0 cm³/mol. The van der Waals surface area contributed by atoms with Gasteiger partial charge in [-0.1, -0.05) is 6.42 Å². The Balaban J connectivity index is 1.71. The lowest BCUT2D eigenvalue weighted by molar-refractivity contribution is -0.118. The number of aromatic nitrogens is 1. The van der Waals surface area contributed by atoms with Crippen LogP contribution in [0.25, 0.3) is 0 Å². The Labute approximate surface area is 119 Å². The van der Waals surface area contributed by atoms with Gasteiger partial charge in [0.2, 0.25) is 5.91 Å². The summed E-state index contributed by atoms with van der Waals surface area (Å²) in [5, 5.41) is 6.33. The van der Waals surface area contributed by atoms with Gasteiger partial charge in [0, 0.05) is 19.3 Å². The smallest absolute Gasteiger partial charge is 0.241 e. The minimum atomic E-state index is -0.0598. The van der Waals surface area contributed by atoms with Crippen LogP contribution in [0.2, 0.25) is 0 Å². The van der Waals surface area contributed by atoms with E-state index < -0.39 is 0 Å². The van der Waals surface area contributed by atoms with E-state index >= 15 is 0 Å². The third-order valence-electron chi connectivity index (χ3n) is 4.08. The molecule has 20 heavy (non-hydrogen) atoms. The summed E-state index contributed by atoms with van der Waals surface area (Å²) < 4.78 is 0. The highest BCUT2D eigenvalue weighted by molar-refractivity contribution is 5.97. The molecule has 0 spiro atoms. The van der Waals surface area contributed by atoms with Crippen LogP contribution in [0, 0.1) is 0 Å². The van der Waals surface area contributed by atoms with E-state index in [9.17, 15) is 4.79 Å². The molecule has 2 aliphatic heterocycles. The summed E-state index contributed by atoms with van der Waals surface area (Å²) in [4.78, 5) is 19.0. The molecule has 2 N–H and O–H groups in total. The first-order chi connectivity index (χ1) is 9.84. The van der Waals surface area contributed by atoms with E-state index in [1.165, 1.54) is 12.8 Å². The van der Waals surface area contributed by atoms with Crippen molar-refractivity contribution in [2.45, 2.75) is 38.1 Å². The first-order valence-electron chi connectivity index (χ1n) is 7.59. The van der Waals surface area contributed by atoms with Crippen molar-refractivity contribution in [1.82, 2.24) is 10.3 Å². The van der Waals surface area contributed by atoms with Gasteiger partial charge in [-0.05, 0) is 44.4 Å². The quantitative estimate of drug-likeness (QED) is 0.882. The average Bonchev–Trinajstić information content (AvgIpc) is 3.03. The molecule has 5 heteroatoms. The number of carbonyl (C=O) groups excluding carboxylic acids is 1. The summed E-state index contributed by atoms with van der Waals surface area (Å²) in [5.74, 6) is 0.979. The first kappa shape index (κ1) is 13.4. The van der Waals surface area contributed by atoms with Gasteiger partial charge in [0.05, 0.1) is 11.7 Å². The van der Waals surface area contributed by atoms with Crippen LogP contribution in [0.1, 0.15) is 32.1 Å². The Morgan fingerprint density at radius 2 is 2.15 bits per heavy atom. The van der Waals surface area contributed by atoms with Gasteiger partial charge in [0.15, 0.2) is 5.82 Å². The Morgan fingerprint density at radius 1 is 1.30 bits per heavy atom. The van der Waals surface area contributed by atoms with Crippen LogP contribution in [-0.4, -0.2) is 36.6 Å². The molecular weight excluding hydrogens is 252 g/mol. The molecule has 1 atom stereocenters. The highest BCUT2D eigenvalue weighted by Crippen LogP contribution is 2.26. The molecule has 5 nitrogen and oxygen atoms in total. The topological polar surface area (TPSA) is 57.3 Å². The van der Waals surface area contributed by atoms with E-state index in [4.69, 9.17) is 0 Å². The number of hydrogen-bond acceptors (Lipinski definition) is 4. The van der Waals surface area contributed by atoms with Crippen LogP contribution in [0.3, 0.4) is 0 Å². The van der Waals surface area contributed by atoms with E-state index in [-0.39, 0.29) is 11.9 Å². The minimum absolute atomic E-state index is 0.0598. The molecule has 0 saturated carbocycles. The van der Waals surface area contributed by atoms with Crippen molar-refractivity contribution in [2.24, 2.45) is 0 Å². The van der Waals surface area contributed by atoms with Crippen molar-refractivity contribution in [3.05, 3.63) is 18.3 Å². The third kappa shape index (κ3) is 2.93. The lowest BCUT2D eigenvalue weighted by Crippen LogP contribution is -2.43. The number of nitrogens with zero attached hydrogens (tertiary/aromatic N) is 2. The largest absolute Gasteiger partial charge is 0.355 e.